The second-order valence-electron chi connectivity index (χ2n) is 9.70. The number of hydrogen-bond acceptors (Lipinski definition) is 7. The molecule has 0 bridgehead atoms. The van der Waals surface area contributed by atoms with Crippen LogP contribution in [-0.4, -0.2) is 45.0 Å². The molecule has 0 radical (unpaired) electrons. The Morgan fingerprint density at radius 1 is 1.26 bits per heavy atom. The van der Waals surface area contributed by atoms with Gasteiger partial charge in [-0.25, -0.2) is 9.18 Å². The summed E-state index contributed by atoms with van der Waals surface area (Å²) in [7, 11) is 0. The molecule has 1 aliphatic carbocycles. The molecule has 4 rings (SSSR count). The standard InChI is InChI=1S/C24H29FN4O5/c1-4-23(2,3)16-9-11-24(12-10-16)21(31)29(22(32)27-24)13-19(30)33-14-18-26-20(34-28-18)15-5-7-17(25)8-6-15/h5-8,16H,4,9-14H2,1-3H3,(H,27,32). The first kappa shape index (κ1) is 23.8. The van der Waals surface area contributed by atoms with Crippen LogP contribution in [0.2, 0.25) is 0 Å². The number of nitrogens with zero attached hydrogens (tertiary/aromatic N) is 3. The normalized spacial score (nSPS) is 22.8. The monoisotopic (exact) mass is 472 g/mol. The summed E-state index contributed by atoms with van der Waals surface area (Å²) in [5.74, 6) is -0.767. The second kappa shape index (κ2) is 9.15. The van der Waals surface area contributed by atoms with Crippen LogP contribution in [0, 0.1) is 17.2 Å². The highest BCUT2D eigenvalue weighted by atomic mass is 19.1. The molecule has 2 fully saturated rings. The molecule has 1 N–H and O–H groups in total. The maximum absolute atomic E-state index is 13.1. The first-order valence-electron chi connectivity index (χ1n) is 11.5. The van der Waals surface area contributed by atoms with Crippen molar-refractivity contribution in [3.63, 3.8) is 0 Å². The van der Waals surface area contributed by atoms with E-state index in [0.717, 1.165) is 24.2 Å². The number of carbonyl (C=O) groups excluding carboxylic acids is 3. The summed E-state index contributed by atoms with van der Waals surface area (Å²) >= 11 is 0. The fourth-order valence-corrected chi connectivity index (χ4v) is 4.68. The Morgan fingerprint density at radius 2 is 1.94 bits per heavy atom. The number of nitrogens with one attached hydrogen (secondary N) is 1. The molecule has 182 valence electrons. The van der Waals surface area contributed by atoms with E-state index in [1.54, 1.807) is 0 Å². The minimum Gasteiger partial charge on any atom is -0.456 e. The molecule has 2 aliphatic rings. The molecule has 0 atom stereocenters. The number of ether oxygens (including phenoxy) is 1. The van der Waals surface area contributed by atoms with Crippen molar-refractivity contribution >= 4 is 17.9 Å². The predicted octanol–water partition coefficient (Wildman–Crippen LogP) is 3.84. The minimum atomic E-state index is -0.935. The zero-order valence-electron chi connectivity index (χ0n) is 19.6. The van der Waals surface area contributed by atoms with E-state index >= 15 is 0 Å². The number of imide groups is 1. The molecule has 1 saturated carbocycles. The fourth-order valence-electron chi connectivity index (χ4n) is 4.68. The van der Waals surface area contributed by atoms with Crippen LogP contribution in [0.4, 0.5) is 9.18 Å². The van der Waals surface area contributed by atoms with Gasteiger partial charge in [0.15, 0.2) is 6.61 Å². The zero-order chi connectivity index (χ0) is 24.5. The molecular weight excluding hydrogens is 443 g/mol. The van der Waals surface area contributed by atoms with Gasteiger partial charge in [-0.1, -0.05) is 32.3 Å². The Hall–Kier alpha value is -3.30. The number of halogens is 1. The molecule has 1 aromatic heterocycles. The number of carbonyl (C=O) groups is 3. The number of hydrogen-bond donors (Lipinski definition) is 1. The van der Waals surface area contributed by atoms with E-state index < -0.39 is 29.9 Å². The van der Waals surface area contributed by atoms with Gasteiger partial charge in [0.25, 0.3) is 11.8 Å². The first-order valence-corrected chi connectivity index (χ1v) is 11.5. The smallest absolute Gasteiger partial charge is 0.326 e. The van der Waals surface area contributed by atoms with E-state index in [4.69, 9.17) is 9.26 Å². The molecule has 0 unspecified atom stereocenters. The number of urea groups is 1. The van der Waals surface area contributed by atoms with Crippen LogP contribution in [-0.2, 0) is 20.9 Å². The van der Waals surface area contributed by atoms with Crippen LogP contribution >= 0.6 is 0 Å². The largest absolute Gasteiger partial charge is 0.456 e. The van der Waals surface area contributed by atoms with E-state index in [0.29, 0.717) is 24.3 Å². The van der Waals surface area contributed by atoms with Crippen molar-refractivity contribution in [1.29, 1.82) is 0 Å². The van der Waals surface area contributed by atoms with Gasteiger partial charge in [-0.3, -0.25) is 14.5 Å². The van der Waals surface area contributed by atoms with E-state index in [1.165, 1.54) is 24.3 Å². The van der Waals surface area contributed by atoms with E-state index in [-0.39, 0.29) is 29.6 Å². The average molecular weight is 473 g/mol. The number of rotatable bonds is 7. The maximum Gasteiger partial charge on any atom is 0.326 e. The van der Waals surface area contributed by atoms with Crippen molar-refractivity contribution in [2.24, 2.45) is 11.3 Å². The predicted molar refractivity (Wildman–Crippen MR) is 118 cm³/mol. The molecular formula is C24H29FN4O5. The topological polar surface area (TPSA) is 115 Å². The van der Waals surface area contributed by atoms with E-state index in [9.17, 15) is 18.8 Å². The lowest BCUT2D eigenvalue weighted by Gasteiger charge is -2.42. The first-order chi connectivity index (χ1) is 16.1. The Morgan fingerprint density at radius 3 is 2.59 bits per heavy atom. The summed E-state index contributed by atoms with van der Waals surface area (Å²) in [4.78, 5) is 43.0. The molecule has 3 amide bonds. The Bertz CT molecular complexity index is 1070. The third kappa shape index (κ3) is 4.67. The van der Waals surface area contributed by atoms with Crippen LogP contribution < -0.4 is 5.32 Å². The van der Waals surface area contributed by atoms with E-state index in [2.05, 4.69) is 36.2 Å². The number of aromatic nitrogens is 2. The average Bonchev–Trinajstić information content (AvgIpc) is 3.38. The van der Waals surface area contributed by atoms with Crippen LogP contribution in [0.5, 0.6) is 0 Å². The Labute approximate surface area is 197 Å². The number of amides is 3. The van der Waals surface area contributed by atoms with Crippen molar-refractivity contribution in [3.05, 3.63) is 35.9 Å². The minimum absolute atomic E-state index is 0.109. The highest BCUT2D eigenvalue weighted by Crippen LogP contribution is 2.45. The van der Waals surface area contributed by atoms with Gasteiger partial charge >= 0.3 is 12.0 Å². The number of benzene rings is 1. The maximum atomic E-state index is 13.1. The highest BCUT2D eigenvalue weighted by Gasteiger charge is 2.53. The molecule has 1 aromatic carbocycles. The van der Waals surface area contributed by atoms with Gasteiger partial charge in [0.05, 0.1) is 0 Å². The SMILES string of the molecule is CCC(C)(C)C1CCC2(CC1)NC(=O)N(CC(=O)OCc1noc(-c3ccc(F)cc3)n1)C2=O. The molecule has 1 saturated heterocycles. The lowest BCUT2D eigenvalue weighted by atomic mass is 9.65. The lowest BCUT2D eigenvalue weighted by Crippen LogP contribution is -2.51. The summed E-state index contributed by atoms with van der Waals surface area (Å²) in [6, 6.07) is 4.93. The van der Waals surface area contributed by atoms with Crippen molar-refractivity contribution in [1.82, 2.24) is 20.4 Å². The van der Waals surface area contributed by atoms with Crippen LogP contribution in [0.3, 0.4) is 0 Å². The number of esters is 1. The van der Waals surface area contributed by atoms with Crippen LogP contribution in [0.25, 0.3) is 11.5 Å². The van der Waals surface area contributed by atoms with Crippen molar-refractivity contribution in [2.75, 3.05) is 6.54 Å². The molecule has 34 heavy (non-hydrogen) atoms. The summed E-state index contributed by atoms with van der Waals surface area (Å²) in [6.45, 7) is 5.86. The highest BCUT2D eigenvalue weighted by molar-refractivity contribution is 6.08. The summed E-state index contributed by atoms with van der Waals surface area (Å²) in [5.41, 5.74) is -0.231. The summed E-state index contributed by atoms with van der Waals surface area (Å²) in [5, 5.41) is 6.56. The van der Waals surface area contributed by atoms with Gasteiger partial charge in [0.1, 0.15) is 17.9 Å². The molecule has 2 heterocycles. The van der Waals surface area contributed by atoms with Gasteiger partial charge in [-0.05, 0) is 61.3 Å². The molecule has 9 nitrogen and oxygen atoms in total. The van der Waals surface area contributed by atoms with Crippen LogP contribution in [0.15, 0.2) is 28.8 Å². The molecule has 2 aromatic rings. The van der Waals surface area contributed by atoms with Gasteiger partial charge in [-0.2, -0.15) is 4.98 Å². The molecule has 10 heteroatoms. The summed E-state index contributed by atoms with van der Waals surface area (Å²) in [6.07, 6.45) is 3.87. The van der Waals surface area contributed by atoms with Crippen molar-refractivity contribution in [2.45, 2.75) is 65.0 Å². The molecule has 1 spiro atoms. The van der Waals surface area contributed by atoms with Crippen LogP contribution in [0.1, 0.15) is 58.7 Å². The van der Waals surface area contributed by atoms with Crippen molar-refractivity contribution in [3.8, 4) is 11.5 Å². The third-order valence-corrected chi connectivity index (χ3v) is 7.31. The second-order valence-corrected chi connectivity index (χ2v) is 9.70. The van der Waals surface area contributed by atoms with Gasteiger partial charge in [0, 0.05) is 5.56 Å². The van der Waals surface area contributed by atoms with Crippen molar-refractivity contribution < 1.29 is 28.0 Å². The fraction of sp³-hybridized carbons (Fsp3) is 0.542. The quantitative estimate of drug-likeness (QED) is 0.481. The zero-order valence-corrected chi connectivity index (χ0v) is 19.6. The third-order valence-electron chi connectivity index (χ3n) is 7.31. The van der Waals surface area contributed by atoms with E-state index in [1.807, 2.05) is 0 Å². The van der Waals surface area contributed by atoms with Gasteiger partial charge in [0.2, 0.25) is 5.82 Å². The summed E-state index contributed by atoms with van der Waals surface area (Å²) < 4.78 is 23.3. The van der Waals surface area contributed by atoms with Gasteiger partial charge < -0.3 is 14.6 Å². The lowest BCUT2D eigenvalue weighted by molar-refractivity contribution is -0.149. The molecule has 1 aliphatic heterocycles. The Kier molecular flexibility index (Phi) is 6.42. The Balaban J connectivity index is 1.31. The van der Waals surface area contributed by atoms with Gasteiger partial charge in [-0.15, -0.1) is 0 Å².